The van der Waals surface area contributed by atoms with Crippen molar-refractivity contribution in [1.29, 1.82) is 0 Å². The highest BCUT2D eigenvalue weighted by atomic mass is 32.2. The second-order valence-electron chi connectivity index (χ2n) is 7.62. The third-order valence-corrected chi connectivity index (χ3v) is 7.41. The minimum atomic E-state index is -5.07. The first-order valence-electron chi connectivity index (χ1n) is 10.1. The van der Waals surface area contributed by atoms with Crippen molar-refractivity contribution in [2.24, 2.45) is 0 Å². The van der Waals surface area contributed by atoms with E-state index in [2.05, 4.69) is 15.2 Å². The number of fused-ring (bicyclic) bond motifs is 1. The summed E-state index contributed by atoms with van der Waals surface area (Å²) in [5, 5.41) is 14.8. The topological polar surface area (TPSA) is 132 Å². The molecule has 1 aliphatic carbocycles. The van der Waals surface area contributed by atoms with Crippen LogP contribution in [0.4, 0.5) is 13.2 Å². The van der Waals surface area contributed by atoms with Gasteiger partial charge in [-0.05, 0) is 37.1 Å². The van der Waals surface area contributed by atoms with Crippen molar-refractivity contribution in [1.82, 2.24) is 19.5 Å². The Kier molecular flexibility index (Phi) is 6.12. The number of pyridine rings is 1. The maximum Gasteiger partial charge on any atom is 0.573 e. The van der Waals surface area contributed by atoms with Crippen LogP contribution in [-0.2, 0) is 22.9 Å². The molecule has 2 aromatic heterocycles. The third-order valence-electron chi connectivity index (χ3n) is 5.15. The number of amides is 1. The smallest absolute Gasteiger partial charge is 0.405 e. The largest absolute Gasteiger partial charge is 0.573 e. The lowest BCUT2D eigenvalue weighted by atomic mass is 10.2. The van der Waals surface area contributed by atoms with Gasteiger partial charge in [0.2, 0.25) is 0 Å². The van der Waals surface area contributed by atoms with E-state index in [-0.39, 0.29) is 34.8 Å². The van der Waals surface area contributed by atoms with Crippen molar-refractivity contribution in [3.8, 4) is 5.75 Å². The number of alkyl halides is 3. The van der Waals surface area contributed by atoms with Crippen LogP contribution in [0.5, 0.6) is 5.75 Å². The van der Waals surface area contributed by atoms with Crippen molar-refractivity contribution < 1.29 is 36.2 Å². The number of hydrogen-bond acceptors (Lipinski definition) is 7. The van der Waals surface area contributed by atoms with Crippen LogP contribution in [-0.4, -0.2) is 51.8 Å². The van der Waals surface area contributed by atoms with Gasteiger partial charge in [0.25, 0.3) is 5.91 Å². The number of sulfone groups is 1. The molecule has 1 aliphatic rings. The molecule has 0 aliphatic heterocycles. The van der Waals surface area contributed by atoms with E-state index in [1.807, 2.05) is 0 Å². The third kappa shape index (κ3) is 4.92. The number of aliphatic hydroxyl groups excluding tert-OH is 1. The Bertz CT molecular complexity index is 1410. The molecule has 3 aromatic rings. The average Bonchev–Trinajstić information content (AvgIpc) is 3.58. The Morgan fingerprint density at radius 1 is 1.24 bits per heavy atom. The lowest BCUT2D eigenvalue weighted by Gasteiger charge is -2.15. The van der Waals surface area contributed by atoms with Crippen molar-refractivity contribution >= 4 is 21.4 Å². The van der Waals surface area contributed by atoms with Crippen LogP contribution in [0.1, 0.15) is 28.8 Å². The number of hydrogen-bond donors (Lipinski definition) is 2. The van der Waals surface area contributed by atoms with Gasteiger partial charge >= 0.3 is 12.1 Å². The number of nitrogens with zero attached hydrogens (tertiary/aromatic N) is 3. The fourth-order valence-electron chi connectivity index (χ4n) is 3.32. The van der Waals surface area contributed by atoms with Crippen LogP contribution in [0.15, 0.2) is 46.2 Å². The molecule has 34 heavy (non-hydrogen) atoms. The highest BCUT2D eigenvalue weighted by Crippen LogP contribution is 2.36. The maximum absolute atomic E-state index is 12.9. The molecule has 0 saturated heterocycles. The number of aliphatic hydroxyl groups is 1. The summed E-state index contributed by atoms with van der Waals surface area (Å²) >= 11 is 0. The molecule has 0 bridgehead atoms. The molecule has 1 aromatic carbocycles. The highest BCUT2D eigenvalue weighted by Gasteiger charge is 2.38. The van der Waals surface area contributed by atoms with Crippen molar-refractivity contribution in [2.45, 2.75) is 42.4 Å². The van der Waals surface area contributed by atoms with Gasteiger partial charge in [-0.25, -0.2) is 22.3 Å². The molecule has 10 nitrogen and oxygen atoms in total. The molecule has 1 saturated carbocycles. The van der Waals surface area contributed by atoms with E-state index < -0.39 is 45.3 Å². The van der Waals surface area contributed by atoms with Crippen molar-refractivity contribution in [2.75, 3.05) is 6.61 Å². The van der Waals surface area contributed by atoms with Crippen LogP contribution in [0.2, 0.25) is 0 Å². The molecule has 1 fully saturated rings. The van der Waals surface area contributed by atoms with E-state index in [9.17, 15) is 31.2 Å². The molecule has 1 amide bonds. The lowest BCUT2D eigenvalue weighted by molar-refractivity contribution is -0.275. The van der Waals surface area contributed by atoms with Crippen molar-refractivity contribution in [3.63, 3.8) is 0 Å². The Labute approximate surface area is 190 Å². The fourth-order valence-corrected chi connectivity index (χ4v) is 4.99. The second-order valence-corrected chi connectivity index (χ2v) is 9.85. The van der Waals surface area contributed by atoms with Crippen LogP contribution in [0.3, 0.4) is 0 Å². The minimum Gasteiger partial charge on any atom is -0.405 e. The molecule has 2 heterocycles. The van der Waals surface area contributed by atoms with Gasteiger partial charge in [-0.2, -0.15) is 0 Å². The Morgan fingerprint density at radius 3 is 2.62 bits per heavy atom. The monoisotopic (exact) mass is 500 g/mol. The number of carbonyl (C=O) groups is 1. The number of benzene rings is 1. The van der Waals surface area contributed by atoms with Gasteiger partial charge in [0.1, 0.15) is 5.75 Å². The summed E-state index contributed by atoms with van der Waals surface area (Å²) in [5.74, 6) is -1.43. The molecular weight excluding hydrogens is 481 g/mol. The van der Waals surface area contributed by atoms with Gasteiger partial charge < -0.3 is 15.2 Å². The van der Waals surface area contributed by atoms with Gasteiger partial charge in [-0.15, -0.1) is 18.3 Å². The predicted molar refractivity (Wildman–Crippen MR) is 111 cm³/mol. The van der Waals surface area contributed by atoms with Gasteiger partial charge in [0.05, 0.1) is 28.9 Å². The van der Waals surface area contributed by atoms with Gasteiger partial charge in [0.15, 0.2) is 15.5 Å². The Balaban J connectivity index is 1.56. The number of rotatable bonds is 8. The molecule has 0 spiro atoms. The van der Waals surface area contributed by atoms with Crippen LogP contribution in [0, 0.1) is 0 Å². The molecule has 2 N–H and O–H groups in total. The van der Waals surface area contributed by atoms with E-state index in [1.54, 1.807) is 0 Å². The first kappa shape index (κ1) is 23.8. The minimum absolute atomic E-state index is 0.0313. The normalized spacial score (nSPS) is 14.4. The van der Waals surface area contributed by atoms with E-state index in [0.29, 0.717) is 12.8 Å². The molecule has 0 radical (unpaired) electrons. The number of halogens is 3. The summed E-state index contributed by atoms with van der Waals surface area (Å²) < 4.78 is 69.7. The standard InChI is InChI=1S/C20H19F3N4O6S/c21-20(22,23)33-16-9-15(34(31,32)14-4-5-14)3-1-12(16)10-24-18(29)13-2-6-17-25-27(7-8-28)19(30)26(17)11-13/h1-3,6,9,11,14,28H,4-5,7-8,10H2,(H,24,29). The van der Waals surface area contributed by atoms with Crippen LogP contribution >= 0.6 is 0 Å². The number of ether oxygens (including phenoxy) is 1. The van der Waals surface area contributed by atoms with E-state index in [1.165, 1.54) is 24.4 Å². The van der Waals surface area contributed by atoms with E-state index >= 15 is 0 Å². The molecule has 0 atom stereocenters. The quantitative estimate of drug-likeness (QED) is 0.476. The first-order valence-corrected chi connectivity index (χ1v) is 11.6. The fraction of sp³-hybridized carbons (Fsp3) is 0.350. The average molecular weight is 500 g/mol. The summed E-state index contributed by atoms with van der Waals surface area (Å²) in [5.41, 5.74) is -0.394. The zero-order chi connectivity index (χ0) is 24.7. The Morgan fingerprint density at radius 2 is 1.97 bits per heavy atom. The molecule has 14 heteroatoms. The summed E-state index contributed by atoms with van der Waals surface area (Å²) in [6, 6.07) is 5.92. The predicted octanol–water partition coefficient (Wildman–Crippen LogP) is 1.25. The first-order chi connectivity index (χ1) is 16.0. The SMILES string of the molecule is O=C(NCc1ccc(S(=O)(=O)C2CC2)cc1OC(F)(F)F)c1ccc2nn(CCO)c(=O)n2c1. The van der Waals surface area contributed by atoms with Gasteiger partial charge in [-0.3, -0.25) is 4.79 Å². The Hall–Kier alpha value is -3.39. The zero-order valence-electron chi connectivity index (χ0n) is 17.4. The second kappa shape index (κ2) is 8.76. The number of carbonyl (C=O) groups excluding carboxylic acids is 1. The van der Waals surface area contributed by atoms with Gasteiger partial charge in [-0.1, -0.05) is 6.07 Å². The summed E-state index contributed by atoms with van der Waals surface area (Å²) in [7, 11) is -3.75. The van der Waals surface area contributed by atoms with Crippen LogP contribution < -0.4 is 15.7 Å². The number of aromatic nitrogens is 3. The number of nitrogens with one attached hydrogen (secondary N) is 1. The van der Waals surface area contributed by atoms with E-state index in [0.717, 1.165) is 21.2 Å². The highest BCUT2D eigenvalue weighted by molar-refractivity contribution is 7.92. The van der Waals surface area contributed by atoms with Gasteiger partial charge in [0, 0.05) is 18.3 Å². The van der Waals surface area contributed by atoms with Crippen molar-refractivity contribution in [3.05, 3.63) is 58.1 Å². The molecule has 0 unspecified atom stereocenters. The molecular formula is C20H19F3N4O6S. The maximum atomic E-state index is 12.9. The molecule has 182 valence electrons. The van der Waals surface area contributed by atoms with Crippen LogP contribution in [0.25, 0.3) is 5.65 Å². The summed E-state index contributed by atoms with van der Waals surface area (Å²) in [6.07, 6.45) is -2.96. The summed E-state index contributed by atoms with van der Waals surface area (Å²) in [4.78, 5) is 24.6. The summed E-state index contributed by atoms with van der Waals surface area (Å²) in [6.45, 7) is -0.735. The lowest BCUT2D eigenvalue weighted by Crippen LogP contribution is -2.26. The zero-order valence-corrected chi connectivity index (χ0v) is 18.3. The van der Waals surface area contributed by atoms with E-state index in [4.69, 9.17) is 5.11 Å². The molecule has 4 rings (SSSR count).